The summed E-state index contributed by atoms with van der Waals surface area (Å²) in [7, 11) is 0. The number of hydrogen-bond acceptors (Lipinski definition) is 2. The third-order valence-electron chi connectivity index (χ3n) is 5.29. The van der Waals surface area contributed by atoms with Crippen molar-refractivity contribution in [1.29, 1.82) is 0 Å². The number of benzene rings is 2. The predicted molar refractivity (Wildman–Crippen MR) is 124 cm³/mol. The van der Waals surface area contributed by atoms with Crippen molar-refractivity contribution in [1.82, 2.24) is 14.2 Å². The number of anilines is 1. The molecule has 3 heterocycles. The number of carbonyl (C=O) groups excluding carboxylic acids is 1. The largest absolute Gasteiger partial charge is 0.321 e. The number of aryl methyl sites for hydroxylation is 1. The van der Waals surface area contributed by atoms with Crippen LogP contribution in [0, 0.1) is 12.7 Å². The van der Waals surface area contributed by atoms with E-state index in [1.165, 1.54) is 12.1 Å². The van der Waals surface area contributed by atoms with Crippen LogP contribution in [0.15, 0.2) is 85.2 Å². The molecule has 5 nitrogen and oxygen atoms in total. The van der Waals surface area contributed by atoms with Gasteiger partial charge in [0.15, 0.2) is 5.69 Å². The van der Waals surface area contributed by atoms with E-state index in [4.69, 9.17) is 11.6 Å². The molecule has 0 unspecified atom stereocenters. The fraction of sp³-hybridized carbons (Fsp3) is 0.0400. The molecular formula is C25H18ClFN4O. The molecule has 0 saturated carbocycles. The molecule has 0 spiro atoms. The molecule has 5 rings (SSSR count). The second-order valence-electron chi connectivity index (χ2n) is 7.47. The van der Waals surface area contributed by atoms with Gasteiger partial charge in [0.1, 0.15) is 11.6 Å². The Morgan fingerprint density at radius 2 is 1.72 bits per heavy atom. The minimum absolute atomic E-state index is 0.272. The molecule has 0 aliphatic carbocycles. The highest BCUT2D eigenvalue weighted by Gasteiger charge is 2.13. The lowest BCUT2D eigenvalue weighted by molar-refractivity contribution is 0.102. The molecule has 1 amide bonds. The van der Waals surface area contributed by atoms with Gasteiger partial charge in [0, 0.05) is 28.6 Å². The molecule has 0 aliphatic rings. The smallest absolute Gasteiger partial charge is 0.276 e. The first kappa shape index (κ1) is 20.0. The quantitative estimate of drug-likeness (QED) is 0.361. The summed E-state index contributed by atoms with van der Waals surface area (Å²) in [5, 5.41) is 7.86. The van der Waals surface area contributed by atoms with Crippen LogP contribution < -0.4 is 5.32 Å². The molecule has 0 aliphatic heterocycles. The third kappa shape index (κ3) is 3.76. The van der Waals surface area contributed by atoms with Crippen molar-refractivity contribution >= 4 is 28.7 Å². The van der Waals surface area contributed by atoms with E-state index < -0.39 is 0 Å². The number of nitrogens with zero attached hydrogens (tertiary/aromatic N) is 3. The van der Waals surface area contributed by atoms with Gasteiger partial charge < -0.3 is 9.72 Å². The summed E-state index contributed by atoms with van der Waals surface area (Å²) in [6.07, 6.45) is 3.71. The maximum Gasteiger partial charge on any atom is 0.276 e. The number of hydrogen-bond donors (Lipinski definition) is 1. The van der Waals surface area contributed by atoms with Crippen molar-refractivity contribution in [3.8, 4) is 16.9 Å². The molecule has 3 aromatic heterocycles. The van der Waals surface area contributed by atoms with Crippen molar-refractivity contribution in [2.45, 2.75) is 6.92 Å². The number of nitrogens with one attached hydrogen (secondary N) is 1. The van der Waals surface area contributed by atoms with E-state index in [0.29, 0.717) is 10.7 Å². The van der Waals surface area contributed by atoms with Crippen molar-refractivity contribution in [2.24, 2.45) is 0 Å². The van der Waals surface area contributed by atoms with Gasteiger partial charge in [0.05, 0.1) is 0 Å². The number of rotatable bonds is 4. The molecule has 0 fully saturated rings. The Labute approximate surface area is 188 Å². The monoisotopic (exact) mass is 444 g/mol. The van der Waals surface area contributed by atoms with Gasteiger partial charge in [0.2, 0.25) is 0 Å². The van der Waals surface area contributed by atoms with Crippen LogP contribution in [0.1, 0.15) is 16.1 Å². The van der Waals surface area contributed by atoms with Crippen LogP contribution in [0.2, 0.25) is 5.02 Å². The molecule has 0 bridgehead atoms. The fourth-order valence-corrected chi connectivity index (χ4v) is 3.71. The standard InChI is InChI=1S/C25H18ClFN4O/c1-16-2-8-20(14-22(16)26)28-25(32)23-12-13-31(29-23)24-11-10-21-9-5-18(15-30(21)24)17-3-6-19(27)7-4-17/h2-15H,1H3,(H,28,32). The fourth-order valence-electron chi connectivity index (χ4n) is 3.52. The number of aromatic nitrogens is 3. The minimum atomic E-state index is -0.323. The van der Waals surface area contributed by atoms with E-state index in [0.717, 1.165) is 28.0 Å². The van der Waals surface area contributed by atoms with Crippen LogP contribution in [0.5, 0.6) is 0 Å². The van der Waals surface area contributed by atoms with Crippen molar-refractivity contribution in [3.63, 3.8) is 0 Å². The molecule has 158 valence electrons. The summed E-state index contributed by atoms with van der Waals surface area (Å²) in [5.74, 6) is 0.185. The zero-order chi connectivity index (χ0) is 22.2. The highest BCUT2D eigenvalue weighted by molar-refractivity contribution is 6.31. The molecule has 0 radical (unpaired) electrons. The lowest BCUT2D eigenvalue weighted by Crippen LogP contribution is -2.13. The Morgan fingerprint density at radius 1 is 0.969 bits per heavy atom. The van der Waals surface area contributed by atoms with E-state index >= 15 is 0 Å². The molecule has 1 N–H and O–H groups in total. The summed E-state index contributed by atoms with van der Waals surface area (Å²) in [5.41, 5.74) is 4.65. The van der Waals surface area contributed by atoms with E-state index in [9.17, 15) is 9.18 Å². The van der Waals surface area contributed by atoms with Crippen LogP contribution in [-0.4, -0.2) is 20.1 Å². The average Bonchev–Trinajstić information content (AvgIpc) is 3.43. The Hall–Kier alpha value is -3.90. The average molecular weight is 445 g/mol. The summed E-state index contributed by atoms with van der Waals surface area (Å²) in [4.78, 5) is 12.7. The summed E-state index contributed by atoms with van der Waals surface area (Å²) < 4.78 is 16.9. The zero-order valence-electron chi connectivity index (χ0n) is 17.1. The van der Waals surface area contributed by atoms with Gasteiger partial charge in [-0.05, 0) is 72.1 Å². The van der Waals surface area contributed by atoms with Crippen LogP contribution in [0.4, 0.5) is 10.1 Å². The predicted octanol–water partition coefficient (Wildman–Crippen LogP) is 6.15. The number of pyridine rings is 1. The van der Waals surface area contributed by atoms with E-state index in [1.807, 2.05) is 47.9 Å². The Bertz CT molecular complexity index is 1450. The number of amides is 1. The second kappa shape index (κ2) is 7.98. The van der Waals surface area contributed by atoms with E-state index in [-0.39, 0.29) is 17.4 Å². The molecule has 0 atom stereocenters. The number of halogens is 2. The highest BCUT2D eigenvalue weighted by Crippen LogP contribution is 2.24. The van der Waals surface area contributed by atoms with Crippen molar-refractivity contribution in [3.05, 3.63) is 107 Å². The third-order valence-corrected chi connectivity index (χ3v) is 5.70. The van der Waals surface area contributed by atoms with Crippen LogP contribution >= 0.6 is 11.6 Å². The van der Waals surface area contributed by atoms with Crippen LogP contribution in [0.25, 0.3) is 22.5 Å². The molecule has 0 saturated heterocycles. The summed E-state index contributed by atoms with van der Waals surface area (Å²) >= 11 is 6.14. The molecule has 2 aromatic carbocycles. The molecule has 32 heavy (non-hydrogen) atoms. The second-order valence-corrected chi connectivity index (χ2v) is 7.88. The SMILES string of the molecule is Cc1ccc(NC(=O)c2ccn(-c3ccc4ccc(-c5ccc(F)cc5)cn34)n2)cc1Cl. The van der Waals surface area contributed by atoms with Crippen LogP contribution in [-0.2, 0) is 0 Å². The summed E-state index contributed by atoms with van der Waals surface area (Å²) in [6.45, 7) is 1.90. The minimum Gasteiger partial charge on any atom is -0.321 e. The van der Waals surface area contributed by atoms with E-state index in [2.05, 4.69) is 10.4 Å². The Kier molecular flexibility index (Phi) is 4.99. The summed E-state index contributed by atoms with van der Waals surface area (Å²) in [6, 6.07) is 21.3. The maximum absolute atomic E-state index is 13.3. The molecule has 5 aromatic rings. The van der Waals surface area contributed by atoms with Gasteiger partial charge >= 0.3 is 0 Å². The van der Waals surface area contributed by atoms with Gasteiger partial charge in [0.25, 0.3) is 5.91 Å². The van der Waals surface area contributed by atoms with Gasteiger partial charge in [-0.1, -0.05) is 35.9 Å². The number of fused-ring (bicyclic) bond motifs is 1. The normalized spacial score (nSPS) is 11.1. The highest BCUT2D eigenvalue weighted by atomic mass is 35.5. The van der Waals surface area contributed by atoms with Gasteiger partial charge in [-0.25, -0.2) is 9.07 Å². The lowest BCUT2D eigenvalue weighted by atomic mass is 10.1. The topological polar surface area (TPSA) is 51.3 Å². The van der Waals surface area contributed by atoms with Crippen molar-refractivity contribution in [2.75, 3.05) is 5.32 Å². The molecular weight excluding hydrogens is 427 g/mol. The Balaban J connectivity index is 1.44. The first-order valence-corrected chi connectivity index (χ1v) is 10.4. The van der Waals surface area contributed by atoms with Gasteiger partial charge in [-0.3, -0.25) is 4.79 Å². The van der Waals surface area contributed by atoms with Gasteiger partial charge in [-0.2, -0.15) is 5.10 Å². The first-order chi connectivity index (χ1) is 15.5. The van der Waals surface area contributed by atoms with Crippen LogP contribution in [0.3, 0.4) is 0 Å². The van der Waals surface area contributed by atoms with Gasteiger partial charge in [-0.15, -0.1) is 0 Å². The number of carbonyl (C=O) groups is 1. The van der Waals surface area contributed by atoms with E-state index in [1.54, 1.807) is 41.2 Å². The maximum atomic E-state index is 13.3. The Morgan fingerprint density at radius 3 is 2.50 bits per heavy atom. The lowest BCUT2D eigenvalue weighted by Gasteiger charge is -2.07. The first-order valence-electron chi connectivity index (χ1n) is 9.98. The molecule has 7 heteroatoms. The zero-order valence-corrected chi connectivity index (χ0v) is 17.8. The van der Waals surface area contributed by atoms with Crippen molar-refractivity contribution < 1.29 is 9.18 Å².